The molecule has 2 aliphatic heterocycles. The minimum Gasteiger partial charge on any atom is -0.312 e. The van der Waals surface area contributed by atoms with Crippen LogP contribution in [0.3, 0.4) is 0 Å². The van der Waals surface area contributed by atoms with Gasteiger partial charge in [-0.25, -0.2) is 4.72 Å². The van der Waals surface area contributed by atoms with E-state index in [1.54, 1.807) is 4.31 Å². The molecule has 0 aliphatic carbocycles. The third-order valence-corrected chi connectivity index (χ3v) is 5.40. The Morgan fingerprint density at radius 1 is 1.33 bits per heavy atom. The van der Waals surface area contributed by atoms with Crippen LogP contribution in [-0.4, -0.2) is 44.4 Å². The van der Waals surface area contributed by atoms with Crippen molar-refractivity contribution in [2.75, 3.05) is 19.6 Å². The van der Waals surface area contributed by atoms with E-state index in [1.165, 1.54) is 0 Å². The van der Waals surface area contributed by atoms with Crippen LogP contribution in [0.5, 0.6) is 0 Å². The second-order valence-electron chi connectivity index (χ2n) is 5.77. The van der Waals surface area contributed by atoms with Crippen LogP contribution in [0.4, 0.5) is 0 Å². The highest BCUT2D eigenvalue weighted by atomic mass is 32.2. The Labute approximate surface area is 110 Å². The van der Waals surface area contributed by atoms with E-state index in [0.29, 0.717) is 25.0 Å². The summed E-state index contributed by atoms with van der Waals surface area (Å²) in [7, 11) is -3.30. The number of hydrogen-bond donors (Lipinski definition) is 2. The Morgan fingerprint density at radius 2 is 2.11 bits per heavy atom. The van der Waals surface area contributed by atoms with Gasteiger partial charge >= 0.3 is 0 Å². The van der Waals surface area contributed by atoms with E-state index in [4.69, 9.17) is 0 Å². The van der Waals surface area contributed by atoms with E-state index in [0.717, 1.165) is 32.2 Å². The lowest BCUT2D eigenvalue weighted by Crippen LogP contribution is -2.50. The van der Waals surface area contributed by atoms with Crippen molar-refractivity contribution in [1.29, 1.82) is 0 Å². The molecule has 0 amide bonds. The van der Waals surface area contributed by atoms with Crippen LogP contribution in [0.25, 0.3) is 0 Å². The minimum atomic E-state index is -3.30. The first-order valence-corrected chi connectivity index (χ1v) is 8.44. The predicted molar refractivity (Wildman–Crippen MR) is 72.5 cm³/mol. The molecule has 2 N–H and O–H groups in total. The van der Waals surface area contributed by atoms with Crippen molar-refractivity contribution in [3.63, 3.8) is 0 Å². The second-order valence-corrected chi connectivity index (χ2v) is 7.48. The first kappa shape index (κ1) is 14.2. The third kappa shape index (κ3) is 3.23. The molecular weight excluding hydrogens is 250 g/mol. The highest BCUT2D eigenvalue weighted by Gasteiger charge is 2.39. The molecule has 0 aromatic rings. The van der Waals surface area contributed by atoms with Crippen molar-refractivity contribution in [3.05, 3.63) is 0 Å². The lowest BCUT2D eigenvalue weighted by molar-refractivity contribution is 0.317. The Morgan fingerprint density at radius 3 is 2.72 bits per heavy atom. The lowest BCUT2D eigenvalue weighted by atomic mass is 10.1. The van der Waals surface area contributed by atoms with E-state index in [9.17, 15) is 8.42 Å². The largest absolute Gasteiger partial charge is 0.312 e. The first-order chi connectivity index (χ1) is 8.50. The van der Waals surface area contributed by atoms with Crippen molar-refractivity contribution < 1.29 is 8.42 Å². The van der Waals surface area contributed by atoms with Gasteiger partial charge in [0, 0.05) is 25.2 Å². The maximum atomic E-state index is 12.3. The van der Waals surface area contributed by atoms with Crippen LogP contribution < -0.4 is 10.0 Å². The van der Waals surface area contributed by atoms with Gasteiger partial charge in [-0.2, -0.15) is 12.7 Å². The highest BCUT2D eigenvalue weighted by molar-refractivity contribution is 7.87. The molecule has 2 fully saturated rings. The zero-order valence-electron chi connectivity index (χ0n) is 11.4. The average molecular weight is 275 g/mol. The van der Waals surface area contributed by atoms with Gasteiger partial charge in [-0.1, -0.05) is 13.8 Å². The van der Waals surface area contributed by atoms with E-state index in [1.807, 2.05) is 13.8 Å². The monoisotopic (exact) mass is 275 g/mol. The van der Waals surface area contributed by atoms with E-state index in [-0.39, 0.29) is 6.04 Å². The first-order valence-electron chi connectivity index (χ1n) is 7.00. The van der Waals surface area contributed by atoms with Gasteiger partial charge in [-0.15, -0.1) is 0 Å². The number of nitrogens with zero attached hydrogens (tertiary/aromatic N) is 1. The Balaban J connectivity index is 2.01. The molecule has 0 radical (unpaired) electrons. The second kappa shape index (κ2) is 5.86. The van der Waals surface area contributed by atoms with Crippen LogP contribution >= 0.6 is 0 Å². The molecule has 2 aliphatic rings. The molecule has 106 valence electrons. The van der Waals surface area contributed by atoms with Gasteiger partial charge in [-0.05, 0) is 38.1 Å². The summed E-state index contributed by atoms with van der Waals surface area (Å²) in [6.07, 6.45) is 4.22. The molecule has 2 atom stereocenters. The topological polar surface area (TPSA) is 61.4 Å². The van der Waals surface area contributed by atoms with Gasteiger partial charge in [0.1, 0.15) is 0 Å². The molecule has 18 heavy (non-hydrogen) atoms. The summed E-state index contributed by atoms with van der Waals surface area (Å²) >= 11 is 0. The fourth-order valence-electron chi connectivity index (χ4n) is 2.86. The summed E-state index contributed by atoms with van der Waals surface area (Å²) < 4.78 is 29.0. The van der Waals surface area contributed by atoms with Gasteiger partial charge in [0.15, 0.2) is 0 Å². The van der Waals surface area contributed by atoms with Crippen molar-refractivity contribution in [2.24, 2.45) is 5.92 Å². The average Bonchev–Trinajstić information content (AvgIpc) is 2.96. The summed E-state index contributed by atoms with van der Waals surface area (Å²) in [4.78, 5) is 0. The Hall–Kier alpha value is -0.170. The molecule has 5 nitrogen and oxygen atoms in total. The van der Waals surface area contributed by atoms with Crippen molar-refractivity contribution >= 4 is 10.2 Å². The smallest absolute Gasteiger partial charge is 0.279 e. The molecule has 2 heterocycles. The van der Waals surface area contributed by atoms with E-state index in [2.05, 4.69) is 10.0 Å². The zero-order chi connectivity index (χ0) is 13.2. The molecule has 2 rings (SSSR count). The maximum Gasteiger partial charge on any atom is 0.279 e. The maximum absolute atomic E-state index is 12.3. The molecule has 0 aromatic heterocycles. The molecule has 0 bridgehead atoms. The standard InChI is InChI=1S/C12H25N3O2S/c1-10(2)9-14-18(16,17)15-8-4-6-12(15)11-5-3-7-13-11/h10-14H,3-9H2,1-2H3. The highest BCUT2D eigenvalue weighted by Crippen LogP contribution is 2.26. The molecule has 2 unspecified atom stereocenters. The van der Waals surface area contributed by atoms with E-state index >= 15 is 0 Å². The van der Waals surface area contributed by atoms with Crippen LogP contribution in [0.15, 0.2) is 0 Å². The Bertz CT molecular complexity index is 364. The SMILES string of the molecule is CC(C)CNS(=O)(=O)N1CCCC1C1CCCN1. The summed E-state index contributed by atoms with van der Waals surface area (Å²) in [5, 5.41) is 3.43. The van der Waals surface area contributed by atoms with Gasteiger partial charge in [0.25, 0.3) is 10.2 Å². The van der Waals surface area contributed by atoms with Crippen LogP contribution in [0.2, 0.25) is 0 Å². The molecular formula is C12H25N3O2S. The quantitative estimate of drug-likeness (QED) is 0.776. The lowest BCUT2D eigenvalue weighted by Gasteiger charge is -2.29. The fourth-order valence-corrected chi connectivity index (χ4v) is 4.55. The molecule has 2 saturated heterocycles. The summed E-state index contributed by atoms with van der Waals surface area (Å²) in [6, 6.07) is 0.500. The molecule has 6 heteroatoms. The third-order valence-electron chi connectivity index (χ3n) is 3.79. The van der Waals surface area contributed by atoms with Gasteiger partial charge in [0.05, 0.1) is 0 Å². The summed E-state index contributed by atoms with van der Waals surface area (Å²) in [6.45, 7) is 6.24. The number of nitrogens with one attached hydrogen (secondary N) is 2. The van der Waals surface area contributed by atoms with Gasteiger partial charge in [-0.3, -0.25) is 0 Å². The van der Waals surface area contributed by atoms with Gasteiger partial charge < -0.3 is 5.32 Å². The Kier molecular flexibility index (Phi) is 4.64. The normalized spacial score (nSPS) is 30.4. The van der Waals surface area contributed by atoms with E-state index < -0.39 is 10.2 Å². The van der Waals surface area contributed by atoms with Crippen molar-refractivity contribution in [3.8, 4) is 0 Å². The molecule has 0 spiro atoms. The fraction of sp³-hybridized carbons (Fsp3) is 1.00. The molecule has 0 saturated carbocycles. The van der Waals surface area contributed by atoms with Gasteiger partial charge in [0.2, 0.25) is 0 Å². The number of hydrogen-bond acceptors (Lipinski definition) is 3. The zero-order valence-corrected chi connectivity index (χ0v) is 12.2. The van der Waals surface area contributed by atoms with Crippen LogP contribution in [0.1, 0.15) is 39.5 Å². The van der Waals surface area contributed by atoms with Crippen LogP contribution in [-0.2, 0) is 10.2 Å². The number of rotatable bonds is 5. The summed E-state index contributed by atoms with van der Waals surface area (Å²) in [5.74, 6) is 0.338. The minimum absolute atomic E-state index is 0.150. The predicted octanol–water partition coefficient (Wildman–Crippen LogP) is 0.693. The van der Waals surface area contributed by atoms with Crippen molar-refractivity contribution in [1.82, 2.24) is 14.3 Å². The van der Waals surface area contributed by atoms with Crippen molar-refractivity contribution in [2.45, 2.75) is 51.6 Å². The van der Waals surface area contributed by atoms with Crippen LogP contribution in [0, 0.1) is 5.92 Å². The summed E-state index contributed by atoms with van der Waals surface area (Å²) in [5.41, 5.74) is 0. The molecule has 0 aromatic carbocycles.